The van der Waals surface area contributed by atoms with Gasteiger partial charge < -0.3 is 25.1 Å². The van der Waals surface area contributed by atoms with E-state index in [0.29, 0.717) is 29.3 Å². The number of carboxylic acid groups (broad SMARTS) is 1. The van der Waals surface area contributed by atoms with Gasteiger partial charge in [-0.05, 0) is 60.5 Å². The molecule has 1 aliphatic heterocycles. The van der Waals surface area contributed by atoms with E-state index in [4.69, 9.17) is 9.52 Å². The number of para-hydroxylation sites is 1. The predicted molar refractivity (Wildman–Crippen MR) is 139 cm³/mol. The van der Waals surface area contributed by atoms with Crippen molar-refractivity contribution < 1.29 is 23.5 Å². The van der Waals surface area contributed by atoms with Gasteiger partial charge in [0, 0.05) is 24.3 Å². The number of halogens is 1. The SMILES string of the molecule is Cc1ccccc1Nc1nc2ccc(CC(=O)N3C[C@@H](F)C[C@H]3CNc3ccc(C(=O)O)cc3)cc2o1. The number of rotatable bonds is 8. The number of carboxylic acids is 1. The molecule has 0 saturated carbocycles. The van der Waals surface area contributed by atoms with Gasteiger partial charge in [0.25, 0.3) is 6.01 Å². The molecule has 0 spiro atoms. The van der Waals surface area contributed by atoms with Crippen LogP contribution in [0.1, 0.15) is 27.9 Å². The summed E-state index contributed by atoms with van der Waals surface area (Å²) in [5, 5.41) is 15.4. The zero-order chi connectivity index (χ0) is 25.9. The lowest BCUT2D eigenvalue weighted by molar-refractivity contribution is -0.131. The predicted octanol–water partition coefficient (Wildman–Crippen LogP) is 5.17. The van der Waals surface area contributed by atoms with Crippen LogP contribution in [0.15, 0.2) is 71.1 Å². The summed E-state index contributed by atoms with van der Waals surface area (Å²) in [6.45, 7) is 2.42. The van der Waals surface area contributed by atoms with E-state index in [0.717, 1.165) is 16.8 Å². The Morgan fingerprint density at radius 2 is 1.92 bits per heavy atom. The van der Waals surface area contributed by atoms with Crippen LogP contribution in [0, 0.1) is 6.92 Å². The lowest BCUT2D eigenvalue weighted by atomic mass is 10.1. The van der Waals surface area contributed by atoms with Crippen molar-refractivity contribution in [2.24, 2.45) is 0 Å². The summed E-state index contributed by atoms with van der Waals surface area (Å²) in [5.74, 6) is -1.16. The highest BCUT2D eigenvalue weighted by atomic mass is 19.1. The van der Waals surface area contributed by atoms with Crippen molar-refractivity contribution in [1.82, 2.24) is 9.88 Å². The number of hydrogen-bond donors (Lipinski definition) is 3. The Labute approximate surface area is 213 Å². The Kier molecular flexibility index (Phi) is 6.76. The number of nitrogens with one attached hydrogen (secondary N) is 2. The Morgan fingerprint density at radius 1 is 1.14 bits per heavy atom. The third-order valence-corrected chi connectivity index (χ3v) is 6.55. The van der Waals surface area contributed by atoms with Crippen molar-refractivity contribution in [3.63, 3.8) is 0 Å². The quantitative estimate of drug-likeness (QED) is 0.305. The standard InChI is InChI=1S/C28H27FN4O4/c1-17-4-2-3-5-23(17)31-28-32-24-11-6-18(12-25(24)37-28)13-26(34)33-16-20(29)14-22(33)15-30-21-9-7-19(8-10-21)27(35)36/h2-12,20,22,30H,13-16H2,1H3,(H,31,32)(H,35,36)/t20-,22-/m0/s1. The van der Waals surface area contributed by atoms with E-state index in [-0.39, 0.29) is 36.9 Å². The molecule has 3 aromatic carbocycles. The zero-order valence-corrected chi connectivity index (χ0v) is 20.3. The van der Waals surface area contributed by atoms with Crippen LogP contribution in [0.3, 0.4) is 0 Å². The average Bonchev–Trinajstić information content (AvgIpc) is 3.46. The van der Waals surface area contributed by atoms with E-state index in [9.17, 15) is 14.0 Å². The van der Waals surface area contributed by atoms with Gasteiger partial charge in [0.2, 0.25) is 5.91 Å². The molecule has 0 radical (unpaired) electrons. The Bertz CT molecular complexity index is 1440. The van der Waals surface area contributed by atoms with E-state index in [1.165, 1.54) is 12.1 Å². The molecule has 190 valence electrons. The average molecular weight is 503 g/mol. The molecule has 1 aliphatic rings. The Morgan fingerprint density at radius 3 is 2.68 bits per heavy atom. The van der Waals surface area contributed by atoms with Crippen molar-refractivity contribution in [2.45, 2.75) is 32.0 Å². The minimum Gasteiger partial charge on any atom is -0.478 e. The number of aromatic nitrogens is 1. The molecule has 1 aromatic heterocycles. The number of carbonyl (C=O) groups excluding carboxylic acids is 1. The van der Waals surface area contributed by atoms with Crippen LogP contribution in [0.4, 0.5) is 21.8 Å². The van der Waals surface area contributed by atoms with Crippen LogP contribution in [0.25, 0.3) is 11.1 Å². The molecule has 0 bridgehead atoms. The molecular formula is C28H27FN4O4. The molecule has 1 saturated heterocycles. The third-order valence-electron chi connectivity index (χ3n) is 6.55. The normalized spacial score (nSPS) is 17.2. The number of oxazole rings is 1. The fourth-order valence-electron chi connectivity index (χ4n) is 4.56. The molecule has 5 rings (SSSR count). The number of aryl methyl sites for hydroxylation is 1. The molecule has 2 atom stereocenters. The number of fused-ring (bicyclic) bond motifs is 1. The first-order chi connectivity index (χ1) is 17.9. The molecule has 8 nitrogen and oxygen atoms in total. The second kappa shape index (κ2) is 10.3. The highest BCUT2D eigenvalue weighted by Gasteiger charge is 2.35. The number of aromatic carboxylic acids is 1. The fraction of sp³-hybridized carbons (Fsp3) is 0.250. The summed E-state index contributed by atoms with van der Waals surface area (Å²) in [7, 11) is 0. The van der Waals surface area contributed by atoms with E-state index in [2.05, 4.69) is 15.6 Å². The molecule has 1 fully saturated rings. The number of likely N-dealkylation sites (tertiary alicyclic amines) is 1. The number of benzene rings is 3. The summed E-state index contributed by atoms with van der Waals surface area (Å²) < 4.78 is 20.2. The molecule has 9 heteroatoms. The summed E-state index contributed by atoms with van der Waals surface area (Å²) >= 11 is 0. The van der Waals surface area contributed by atoms with Crippen molar-refractivity contribution >= 4 is 40.4 Å². The van der Waals surface area contributed by atoms with E-state index >= 15 is 0 Å². The smallest absolute Gasteiger partial charge is 0.335 e. The van der Waals surface area contributed by atoms with Crippen LogP contribution < -0.4 is 10.6 Å². The number of amides is 1. The third kappa shape index (κ3) is 5.55. The first kappa shape index (κ1) is 24.3. The van der Waals surface area contributed by atoms with Crippen molar-refractivity contribution in [3.05, 3.63) is 83.4 Å². The van der Waals surface area contributed by atoms with Gasteiger partial charge in [-0.25, -0.2) is 9.18 Å². The first-order valence-corrected chi connectivity index (χ1v) is 12.1. The summed E-state index contributed by atoms with van der Waals surface area (Å²) in [4.78, 5) is 30.2. The van der Waals surface area contributed by atoms with Crippen molar-refractivity contribution in [3.8, 4) is 0 Å². The van der Waals surface area contributed by atoms with Crippen LogP contribution in [-0.4, -0.2) is 52.2 Å². The molecule has 4 aromatic rings. The Hall–Kier alpha value is -4.40. The summed E-state index contributed by atoms with van der Waals surface area (Å²) in [6.07, 6.45) is -0.716. The molecule has 3 N–H and O–H groups in total. The number of hydrogen-bond acceptors (Lipinski definition) is 6. The monoisotopic (exact) mass is 502 g/mol. The van der Waals surface area contributed by atoms with Gasteiger partial charge in [0.15, 0.2) is 5.58 Å². The molecule has 37 heavy (non-hydrogen) atoms. The van der Waals surface area contributed by atoms with E-state index in [1.807, 2.05) is 43.3 Å². The van der Waals surface area contributed by atoms with Crippen molar-refractivity contribution in [2.75, 3.05) is 23.7 Å². The van der Waals surface area contributed by atoms with Gasteiger partial charge >= 0.3 is 5.97 Å². The van der Waals surface area contributed by atoms with Gasteiger partial charge in [0.05, 0.1) is 24.6 Å². The number of alkyl halides is 1. The second-order valence-corrected chi connectivity index (χ2v) is 9.23. The summed E-state index contributed by atoms with van der Waals surface area (Å²) in [6, 6.07) is 19.7. The molecule has 0 unspecified atom stereocenters. The molecule has 2 heterocycles. The second-order valence-electron chi connectivity index (χ2n) is 9.23. The van der Waals surface area contributed by atoms with Gasteiger partial charge in [0.1, 0.15) is 11.7 Å². The lowest BCUT2D eigenvalue weighted by Gasteiger charge is -2.25. The van der Waals surface area contributed by atoms with Crippen molar-refractivity contribution in [1.29, 1.82) is 0 Å². The molecule has 0 aliphatic carbocycles. The maximum Gasteiger partial charge on any atom is 0.335 e. The largest absolute Gasteiger partial charge is 0.478 e. The van der Waals surface area contributed by atoms with Crippen LogP contribution in [0.2, 0.25) is 0 Å². The maximum absolute atomic E-state index is 14.3. The fourth-order valence-corrected chi connectivity index (χ4v) is 4.56. The number of anilines is 3. The van der Waals surface area contributed by atoms with Crippen LogP contribution >= 0.6 is 0 Å². The van der Waals surface area contributed by atoms with Gasteiger partial charge in [-0.15, -0.1) is 0 Å². The van der Waals surface area contributed by atoms with E-state index in [1.54, 1.807) is 23.1 Å². The van der Waals surface area contributed by atoms with E-state index < -0.39 is 12.1 Å². The van der Waals surface area contributed by atoms with Gasteiger partial charge in [-0.2, -0.15) is 4.98 Å². The van der Waals surface area contributed by atoms with Gasteiger partial charge in [-0.3, -0.25) is 4.79 Å². The molecular weight excluding hydrogens is 475 g/mol. The number of carbonyl (C=O) groups is 2. The minimum absolute atomic E-state index is 0.0537. The Balaban J connectivity index is 1.23. The first-order valence-electron chi connectivity index (χ1n) is 12.1. The maximum atomic E-state index is 14.3. The minimum atomic E-state index is -1.09. The highest BCUT2D eigenvalue weighted by Crippen LogP contribution is 2.26. The zero-order valence-electron chi connectivity index (χ0n) is 20.3. The topological polar surface area (TPSA) is 108 Å². The van der Waals surface area contributed by atoms with Crippen LogP contribution in [0.5, 0.6) is 0 Å². The van der Waals surface area contributed by atoms with Gasteiger partial charge in [-0.1, -0.05) is 24.3 Å². The molecule has 1 amide bonds. The highest BCUT2D eigenvalue weighted by molar-refractivity contribution is 5.88. The van der Waals surface area contributed by atoms with Crippen LogP contribution in [-0.2, 0) is 11.2 Å². The summed E-state index contributed by atoms with van der Waals surface area (Å²) in [5.41, 5.74) is 4.86. The number of nitrogens with zero attached hydrogens (tertiary/aromatic N) is 2. The lowest BCUT2D eigenvalue weighted by Crippen LogP contribution is -2.40.